The zero-order chi connectivity index (χ0) is 13.8. The summed E-state index contributed by atoms with van der Waals surface area (Å²) in [5.41, 5.74) is 7.97. The van der Waals surface area contributed by atoms with E-state index in [1.54, 1.807) is 13.2 Å². The predicted molar refractivity (Wildman–Crippen MR) is 78.4 cm³/mol. The first-order valence-corrected chi connectivity index (χ1v) is 6.82. The van der Waals surface area contributed by atoms with Gasteiger partial charge in [0.2, 0.25) is 5.88 Å². The maximum Gasteiger partial charge on any atom is 0.216 e. The smallest absolute Gasteiger partial charge is 0.216 e. The molecule has 2 rings (SSSR count). The summed E-state index contributed by atoms with van der Waals surface area (Å²) >= 11 is 9.47. The van der Waals surface area contributed by atoms with Crippen LogP contribution < -0.4 is 10.5 Å². The zero-order valence-electron chi connectivity index (χ0n) is 10.3. The van der Waals surface area contributed by atoms with Crippen LogP contribution in [0, 0.1) is 0 Å². The van der Waals surface area contributed by atoms with Crippen molar-refractivity contribution >= 4 is 27.5 Å². The summed E-state index contributed by atoms with van der Waals surface area (Å²) in [6.07, 6.45) is 2.05. The van der Waals surface area contributed by atoms with Crippen molar-refractivity contribution in [2.24, 2.45) is 5.73 Å². The number of halogens is 2. The van der Waals surface area contributed by atoms with E-state index in [0.29, 0.717) is 17.3 Å². The number of nitrogens with zero attached hydrogens (tertiary/aromatic N) is 2. The number of rotatable bonds is 4. The number of nitrogens with two attached hydrogens (primary N) is 1. The molecule has 0 spiro atoms. The first kappa shape index (κ1) is 14.2. The Morgan fingerprint density at radius 2 is 2.16 bits per heavy atom. The van der Waals surface area contributed by atoms with Crippen molar-refractivity contribution in [3.8, 4) is 5.88 Å². The van der Waals surface area contributed by atoms with E-state index in [-0.39, 0.29) is 6.04 Å². The van der Waals surface area contributed by atoms with Crippen LogP contribution in [0.1, 0.15) is 17.3 Å². The van der Waals surface area contributed by atoms with E-state index in [1.165, 1.54) is 6.33 Å². The van der Waals surface area contributed by atoms with Crippen LogP contribution in [-0.4, -0.2) is 17.1 Å². The van der Waals surface area contributed by atoms with Crippen molar-refractivity contribution in [1.29, 1.82) is 0 Å². The molecular weight excluding hydrogens is 330 g/mol. The molecule has 6 heteroatoms. The van der Waals surface area contributed by atoms with Crippen molar-refractivity contribution in [3.05, 3.63) is 51.3 Å². The highest BCUT2D eigenvalue weighted by atomic mass is 79.9. The normalized spacial score (nSPS) is 12.2. The predicted octanol–water partition coefficient (Wildman–Crippen LogP) is 3.14. The van der Waals surface area contributed by atoms with Gasteiger partial charge in [-0.05, 0) is 23.8 Å². The Labute approximate surface area is 125 Å². The number of hydrogen-bond donors (Lipinski definition) is 1. The molecule has 4 nitrogen and oxygen atoms in total. The second kappa shape index (κ2) is 6.32. The van der Waals surface area contributed by atoms with Crippen LogP contribution in [0.3, 0.4) is 0 Å². The highest BCUT2D eigenvalue weighted by Gasteiger charge is 2.12. The third kappa shape index (κ3) is 3.65. The van der Waals surface area contributed by atoms with Gasteiger partial charge in [0.25, 0.3) is 0 Å². The van der Waals surface area contributed by atoms with E-state index >= 15 is 0 Å². The van der Waals surface area contributed by atoms with Gasteiger partial charge in [-0.3, -0.25) is 0 Å². The van der Waals surface area contributed by atoms with Gasteiger partial charge >= 0.3 is 0 Å². The molecule has 0 radical (unpaired) electrons. The average molecular weight is 343 g/mol. The molecule has 1 aromatic heterocycles. The molecule has 0 bridgehead atoms. The molecule has 1 heterocycles. The summed E-state index contributed by atoms with van der Waals surface area (Å²) in [5.74, 6) is 0.530. The molecule has 1 unspecified atom stereocenters. The topological polar surface area (TPSA) is 61.0 Å². The van der Waals surface area contributed by atoms with Gasteiger partial charge in [0.05, 0.1) is 7.11 Å². The Kier molecular flexibility index (Phi) is 4.74. The van der Waals surface area contributed by atoms with Gasteiger partial charge in [0.15, 0.2) is 0 Å². The molecule has 0 aliphatic heterocycles. The van der Waals surface area contributed by atoms with Crippen LogP contribution in [0.4, 0.5) is 0 Å². The van der Waals surface area contributed by atoms with Crippen LogP contribution in [0.5, 0.6) is 5.88 Å². The molecule has 0 aliphatic carbocycles. The number of aromatic nitrogens is 2. The van der Waals surface area contributed by atoms with E-state index in [4.69, 9.17) is 22.1 Å². The van der Waals surface area contributed by atoms with Gasteiger partial charge in [-0.1, -0.05) is 27.5 Å². The minimum Gasteiger partial charge on any atom is -0.481 e. The van der Waals surface area contributed by atoms with Gasteiger partial charge in [-0.2, -0.15) is 0 Å². The largest absolute Gasteiger partial charge is 0.481 e. The Balaban J connectivity index is 2.20. The van der Waals surface area contributed by atoms with Gasteiger partial charge in [0.1, 0.15) is 6.33 Å². The minimum atomic E-state index is -0.201. The Morgan fingerprint density at radius 1 is 1.37 bits per heavy atom. The first-order valence-electron chi connectivity index (χ1n) is 5.65. The monoisotopic (exact) mass is 341 g/mol. The fraction of sp³-hybridized carbons (Fsp3) is 0.231. The molecule has 0 saturated heterocycles. The summed E-state index contributed by atoms with van der Waals surface area (Å²) in [6.45, 7) is 0. The fourth-order valence-corrected chi connectivity index (χ4v) is 2.46. The third-order valence-corrected chi connectivity index (χ3v) is 3.65. The lowest BCUT2D eigenvalue weighted by atomic mass is 10.0. The van der Waals surface area contributed by atoms with Crippen molar-refractivity contribution in [2.45, 2.75) is 12.5 Å². The highest BCUT2D eigenvalue weighted by molar-refractivity contribution is 9.10. The van der Waals surface area contributed by atoms with Crippen LogP contribution in [0.15, 0.2) is 35.1 Å². The lowest BCUT2D eigenvalue weighted by Gasteiger charge is -2.14. The standard InChI is InChI=1S/C13H13BrClN3O/c1-19-13-6-9(17-7-18-13)5-12(16)10-4-8(15)2-3-11(10)14/h2-4,6-7,12H,5,16H2,1H3. The van der Waals surface area contributed by atoms with E-state index in [2.05, 4.69) is 25.9 Å². The van der Waals surface area contributed by atoms with E-state index in [0.717, 1.165) is 15.7 Å². The third-order valence-electron chi connectivity index (χ3n) is 2.69. The average Bonchev–Trinajstić information content (AvgIpc) is 2.41. The van der Waals surface area contributed by atoms with Gasteiger partial charge in [0, 0.05) is 33.7 Å². The van der Waals surface area contributed by atoms with Gasteiger partial charge in [-0.15, -0.1) is 0 Å². The molecule has 19 heavy (non-hydrogen) atoms. The van der Waals surface area contributed by atoms with Crippen LogP contribution in [0.25, 0.3) is 0 Å². The second-order valence-corrected chi connectivity index (χ2v) is 5.32. The minimum absolute atomic E-state index is 0.201. The van der Waals surface area contributed by atoms with Crippen LogP contribution >= 0.6 is 27.5 Å². The summed E-state index contributed by atoms with van der Waals surface area (Å²) in [4.78, 5) is 8.15. The zero-order valence-corrected chi connectivity index (χ0v) is 12.6. The quantitative estimate of drug-likeness (QED) is 0.927. The molecule has 0 aliphatic rings. The maximum atomic E-state index is 6.20. The molecule has 0 saturated carbocycles. The summed E-state index contributed by atoms with van der Waals surface area (Å²) in [6, 6.07) is 7.13. The lowest BCUT2D eigenvalue weighted by Crippen LogP contribution is -2.15. The SMILES string of the molecule is COc1cc(CC(N)c2cc(Cl)ccc2Br)ncn1. The van der Waals surface area contributed by atoms with E-state index < -0.39 is 0 Å². The maximum absolute atomic E-state index is 6.20. The van der Waals surface area contributed by atoms with Crippen molar-refractivity contribution in [1.82, 2.24) is 9.97 Å². The van der Waals surface area contributed by atoms with Crippen LogP contribution in [0.2, 0.25) is 5.02 Å². The van der Waals surface area contributed by atoms with Crippen molar-refractivity contribution < 1.29 is 4.74 Å². The summed E-state index contributed by atoms with van der Waals surface area (Å²) in [7, 11) is 1.57. The second-order valence-electron chi connectivity index (χ2n) is 4.03. The Morgan fingerprint density at radius 3 is 2.89 bits per heavy atom. The number of hydrogen-bond acceptors (Lipinski definition) is 4. The first-order chi connectivity index (χ1) is 9.10. The summed E-state index contributed by atoms with van der Waals surface area (Å²) < 4.78 is 6.00. The van der Waals surface area contributed by atoms with Crippen molar-refractivity contribution in [3.63, 3.8) is 0 Å². The molecule has 2 aromatic rings. The molecule has 1 aromatic carbocycles. The van der Waals surface area contributed by atoms with E-state index in [9.17, 15) is 0 Å². The van der Waals surface area contributed by atoms with Gasteiger partial charge in [-0.25, -0.2) is 9.97 Å². The molecular formula is C13H13BrClN3O. The van der Waals surface area contributed by atoms with Crippen molar-refractivity contribution in [2.75, 3.05) is 7.11 Å². The summed E-state index contributed by atoms with van der Waals surface area (Å²) in [5, 5.41) is 0.661. The molecule has 2 N–H and O–H groups in total. The Hall–Kier alpha value is -1.17. The highest BCUT2D eigenvalue weighted by Crippen LogP contribution is 2.27. The number of methoxy groups -OCH3 is 1. The fourth-order valence-electron chi connectivity index (χ4n) is 1.73. The number of ether oxygens (including phenoxy) is 1. The molecule has 0 fully saturated rings. The molecule has 1 atom stereocenters. The van der Waals surface area contributed by atoms with Crippen LogP contribution in [-0.2, 0) is 6.42 Å². The number of benzene rings is 1. The molecule has 100 valence electrons. The lowest BCUT2D eigenvalue weighted by molar-refractivity contribution is 0.395. The van der Waals surface area contributed by atoms with Gasteiger partial charge < -0.3 is 10.5 Å². The Bertz CT molecular complexity index is 580. The van der Waals surface area contributed by atoms with E-state index in [1.807, 2.05) is 18.2 Å². The molecule has 0 amide bonds.